The molecule has 2 heterocycles. The number of benzene rings is 2. The van der Waals surface area contributed by atoms with Crippen molar-refractivity contribution in [3.05, 3.63) is 59.0 Å². The van der Waals surface area contributed by atoms with Gasteiger partial charge in [-0.05, 0) is 59.6 Å². The Labute approximate surface area is 184 Å². The molecule has 3 aromatic rings. The number of fused-ring (bicyclic) bond motifs is 1. The van der Waals surface area contributed by atoms with Crippen LogP contribution < -0.4 is 0 Å². The lowest BCUT2D eigenvalue weighted by atomic mass is 10.0. The number of hydrogen-bond donors (Lipinski definition) is 1. The number of nitriles is 1. The van der Waals surface area contributed by atoms with Gasteiger partial charge in [0.1, 0.15) is 4.88 Å². The Kier molecular flexibility index (Phi) is 6.31. The molecule has 1 aliphatic rings. The summed E-state index contributed by atoms with van der Waals surface area (Å²) < 4.78 is 0. The van der Waals surface area contributed by atoms with E-state index in [-0.39, 0.29) is 5.91 Å². The Morgan fingerprint density at radius 2 is 1.74 bits per heavy atom. The lowest BCUT2D eigenvalue weighted by Crippen LogP contribution is -2.48. The molecule has 0 bridgehead atoms. The smallest absolute Gasteiger partial charge is 0.345 e. The lowest BCUT2D eigenvalue weighted by molar-refractivity contribution is 0.0635. The summed E-state index contributed by atoms with van der Waals surface area (Å²) in [6.45, 7) is 3.99. The van der Waals surface area contributed by atoms with E-state index in [1.54, 1.807) is 6.07 Å². The van der Waals surface area contributed by atoms with Gasteiger partial charge in [0, 0.05) is 43.0 Å². The van der Waals surface area contributed by atoms with Crippen molar-refractivity contribution in [1.29, 1.82) is 5.26 Å². The van der Waals surface area contributed by atoms with Gasteiger partial charge in [-0.25, -0.2) is 4.79 Å². The van der Waals surface area contributed by atoms with E-state index in [2.05, 4.69) is 11.0 Å². The van der Waals surface area contributed by atoms with Gasteiger partial charge in [0.25, 0.3) is 5.91 Å². The molecule has 0 saturated carbocycles. The van der Waals surface area contributed by atoms with E-state index in [1.807, 2.05) is 47.4 Å². The lowest BCUT2D eigenvalue weighted by Gasteiger charge is -2.34. The first-order chi connectivity index (χ1) is 15.0. The molecule has 0 radical (unpaired) electrons. The molecule has 7 heteroatoms. The van der Waals surface area contributed by atoms with Gasteiger partial charge in [0.05, 0.1) is 6.07 Å². The molecule has 0 atom stereocenters. The topological polar surface area (TPSA) is 84.6 Å². The minimum atomic E-state index is -0.914. The van der Waals surface area contributed by atoms with E-state index in [9.17, 15) is 9.59 Å². The largest absolute Gasteiger partial charge is 0.477 e. The normalized spacial score (nSPS) is 14.5. The summed E-state index contributed by atoms with van der Waals surface area (Å²) in [7, 11) is 0. The number of unbranched alkanes of at least 4 members (excludes halogenated alkanes) is 1. The predicted octanol–water partition coefficient (Wildman–Crippen LogP) is 4.33. The molecule has 1 saturated heterocycles. The fourth-order valence-electron chi connectivity index (χ4n) is 3.88. The van der Waals surface area contributed by atoms with Gasteiger partial charge in [0.15, 0.2) is 0 Å². The molecule has 1 amide bonds. The first kappa shape index (κ1) is 21.0. The summed E-state index contributed by atoms with van der Waals surface area (Å²) in [4.78, 5) is 29.5. The molecule has 158 valence electrons. The molecule has 1 aliphatic heterocycles. The van der Waals surface area contributed by atoms with Crippen LogP contribution >= 0.6 is 11.3 Å². The number of carbonyl (C=O) groups excluding carboxylic acids is 1. The van der Waals surface area contributed by atoms with Crippen LogP contribution in [0.3, 0.4) is 0 Å². The molecule has 1 aromatic heterocycles. The molecule has 0 spiro atoms. The number of piperazine rings is 1. The maximum absolute atomic E-state index is 13.0. The Morgan fingerprint density at radius 3 is 2.45 bits per heavy atom. The Bertz CT molecular complexity index is 1160. The Balaban J connectivity index is 1.45. The number of carboxylic acid groups (broad SMARTS) is 1. The summed E-state index contributed by atoms with van der Waals surface area (Å²) in [5.41, 5.74) is 1.65. The zero-order valence-corrected chi connectivity index (χ0v) is 17.9. The van der Waals surface area contributed by atoms with Crippen LogP contribution in [-0.4, -0.2) is 59.5 Å². The van der Waals surface area contributed by atoms with E-state index in [0.29, 0.717) is 30.0 Å². The number of aromatic carboxylic acids is 1. The Hall–Kier alpha value is -3.21. The van der Waals surface area contributed by atoms with Crippen LogP contribution in [0.2, 0.25) is 0 Å². The van der Waals surface area contributed by atoms with E-state index in [1.165, 1.54) is 11.3 Å². The van der Waals surface area contributed by atoms with Crippen LogP contribution in [0.25, 0.3) is 21.2 Å². The third-order valence-electron chi connectivity index (χ3n) is 5.61. The van der Waals surface area contributed by atoms with Gasteiger partial charge in [-0.1, -0.05) is 18.2 Å². The number of thiophene rings is 1. The van der Waals surface area contributed by atoms with Crippen LogP contribution in [0.4, 0.5) is 0 Å². The maximum atomic E-state index is 13.0. The second kappa shape index (κ2) is 9.29. The van der Waals surface area contributed by atoms with Gasteiger partial charge < -0.3 is 10.0 Å². The van der Waals surface area contributed by atoms with Crippen molar-refractivity contribution in [2.75, 3.05) is 32.7 Å². The third-order valence-corrected chi connectivity index (χ3v) is 6.73. The average Bonchev–Trinajstić information content (AvgIpc) is 3.29. The van der Waals surface area contributed by atoms with E-state index >= 15 is 0 Å². The summed E-state index contributed by atoms with van der Waals surface area (Å²) in [6, 6.07) is 17.3. The third kappa shape index (κ3) is 4.76. The fourth-order valence-corrected chi connectivity index (χ4v) is 4.72. The molecule has 6 nitrogen and oxygen atoms in total. The minimum Gasteiger partial charge on any atom is -0.477 e. The van der Waals surface area contributed by atoms with E-state index < -0.39 is 5.97 Å². The highest BCUT2D eigenvalue weighted by molar-refractivity contribution is 7.17. The van der Waals surface area contributed by atoms with Crippen molar-refractivity contribution < 1.29 is 14.7 Å². The van der Waals surface area contributed by atoms with Crippen LogP contribution in [0.1, 0.15) is 32.9 Å². The summed E-state index contributed by atoms with van der Waals surface area (Å²) in [5.74, 6) is -0.866. The molecule has 31 heavy (non-hydrogen) atoms. The number of amides is 1. The van der Waals surface area contributed by atoms with Crippen LogP contribution in [0.5, 0.6) is 0 Å². The number of nitrogens with zero attached hydrogens (tertiary/aromatic N) is 3. The summed E-state index contributed by atoms with van der Waals surface area (Å²) >= 11 is 1.26. The number of carbonyl (C=O) groups is 2. The number of rotatable bonds is 6. The second-order valence-electron chi connectivity index (χ2n) is 7.64. The van der Waals surface area contributed by atoms with Crippen molar-refractivity contribution in [3.63, 3.8) is 0 Å². The van der Waals surface area contributed by atoms with Crippen molar-refractivity contribution in [1.82, 2.24) is 9.80 Å². The van der Waals surface area contributed by atoms with Crippen molar-refractivity contribution >= 4 is 34.0 Å². The summed E-state index contributed by atoms with van der Waals surface area (Å²) in [5, 5.41) is 19.8. The molecule has 0 aliphatic carbocycles. The Morgan fingerprint density at radius 1 is 1.00 bits per heavy atom. The molecule has 1 fully saturated rings. The monoisotopic (exact) mass is 433 g/mol. The highest BCUT2D eigenvalue weighted by atomic mass is 32.1. The molecule has 1 N–H and O–H groups in total. The number of carboxylic acids is 1. The molecular formula is C24H23N3O3S. The van der Waals surface area contributed by atoms with Gasteiger partial charge in [-0.3, -0.25) is 9.69 Å². The highest BCUT2D eigenvalue weighted by Crippen LogP contribution is 2.31. The van der Waals surface area contributed by atoms with E-state index in [4.69, 9.17) is 10.4 Å². The van der Waals surface area contributed by atoms with Gasteiger partial charge in [-0.2, -0.15) is 5.26 Å². The second-order valence-corrected chi connectivity index (χ2v) is 8.73. The zero-order chi connectivity index (χ0) is 21.8. The quantitative estimate of drug-likeness (QED) is 0.585. The SMILES string of the molecule is N#CCCCN1CCN(C(=O)c2ccc3cc(-c4ccc(C(=O)O)s4)ccc3c2)CC1. The van der Waals surface area contributed by atoms with Gasteiger partial charge >= 0.3 is 5.97 Å². The zero-order valence-electron chi connectivity index (χ0n) is 17.1. The van der Waals surface area contributed by atoms with Crippen LogP contribution in [0, 0.1) is 11.3 Å². The van der Waals surface area contributed by atoms with Gasteiger partial charge in [-0.15, -0.1) is 11.3 Å². The molecular weight excluding hydrogens is 410 g/mol. The average molecular weight is 434 g/mol. The van der Waals surface area contributed by atoms with Crippen molar-refractivity contribution in [3.8, 4) is 16.5 Å². The first-order valence-electron chi connectivity index (χ1n) is 10.3. The minimum absolute atomic E-state index is 0.0482. The number of hydrogen-bond acceptors (Lipinski definition) is 5. The van der Waals surface area contributed by atoms with Crippen molar-refractivity contribution in [2.45, 2.75) is 12.8 Å². The van der Waals surface area contributed by atoms with Crippen molar-refractivity contribution in [2.24, 2.45) is 0 Å². The fraction of sp³-hybridized carbons (Fsp3) is 0.292. The molecule has 0 unspecified atom stereocenters. The first-order valence-corrected chi connectivity index (χ1v) is 11.1. The van der Waals surface area contributed by atoms with Crippen LogP contribution in [-0.2, 0) is 0 Å². The standard InChI is InChI=1S/C24H23N3O3S/c25-9-1-2-10-26-11-13-27(14-12-26)23(28)20-6-4-17-15-19(5-3-18(17)16-20)21-7-8-22(31-21)24(29)30/h3-8,15-16H,1-2,10-14H2,(H,29,30). The predicted molar refractivity (Wildman–Crippen MR) is 121 cm³/mol. The summed E-state index contributed by atoms with van der Waals surface area (Å²) in [6.07, 6.45) is 1.45. The van der Waals surface area contributed by atoms with Gasteiger partial charge in [0.2, 0.25) is 0 Å². The highest BCUT2D eigenvalue weighted by Gasteiger charge is 2.22. The van der Waals surface area contributed by atoms with E-state index in [0.717, 1.165) is 47.3 Å². The molecule has 2 aromatic carbocycles. The molecule has 4 rings (SSSR count). The maximum Gasteiger partial charge on any atom is 0.345 e. The van der Waals surface area contributed by atoms with Crippen LogP contribution in [0.15, 0.2) is 48.5 Å².